The minimum atomic E-state index is -1.02. The summed E-state index contributed by atoms with van der Waals surface area (Å²) in [5.74, 6) is -2.70. The fourth-order valence-electron chi connectivity index (χ4n) is 4.83. The molecule has 2 aliphatic rings. The summed E-state index contributed by atoms with van der Waals surface area (Å²) in [6.45, 7) is 2.34. The van der Waals surface area contributed by atoms with E-state index in [0.29, 0.717) is 17.0 Å². The molecule has 2 aromatic rings. The van der Waals surface area contributed by atoms with E-state index in [1.165, 1.54) is 6.07 Å². The van der Waals surface area contributed by atoms with Crippen LogP contribution in [0.15, 0.2) is 42.5 Å². The van der Waals surface area contributed by atoms with Crippen molar-refractivity contribution in [1.82, 2.24) is 10.2 Å². The predicted molar refractivity (Wildman–Crippen MR) is 110 cm³/mol. The van der Waals surface area contributed by atoms with E-state index in [9.17, 15) is 18.4 Å². The van der Waals surface area contributed by atoms with Crippen molar-refractivity contribution in [2.24, 2.45) is 5.92 Å². The van der Waals surface area contributed by atoms with Gasteiger partial charge in [-0.3, -0.25) is 19.8 Å². The maximum atomic E-state index is 14.0. The van der Waals surface area contributed by atoms with E-state index in [-0.39, 0.29) is 18.2 Å². The topological polar surface area (TPSA) is 49.4 Å². The summed E-state index contributed by atoms with van der Waals surface area (Å²) >= 11 is 5.95. The predicted octanol–water partition coefficient (Wildman–Crippen LogP) is 4.20. The minimum absolute atomic E-state index is 0.0584. The SMILES string of the molecule is O=C1CC[C@@](c2ccc(F)c(F)c2)(C2CCN(Cc3ccc(Cl)cc3)CC2)C(=O)N1. The molecule has 4 rings (SSSR count). The molecule has 158 valence electrons. The molecule has 2 amide bonds. The molecule has 0 radical (unpaired) electrons. The van der Waals surface area contributed by atoms with Crippen molar-refractivity contribution in [3.8, 4) is 0 Å². The van der Waals surface area contributed by atoms with Crippen LogP contribution in [0.3, 0.4) is 0 Å². The number of hydrogen-bond acceptors (Lipinski definition) is 3. The Balaban J connectivity index is 1.55. The second kappa shape index (κ2) is 8.44. The van der Waals surface area contributed by atoms with Gasteiger partial charge >= 0.3 is 0 Å². The average molecular weight is 433 g/mol. The van der Waals surface area contributed by atoms with Gasteiger partial charge in [0.25, 0.3) is 0 Å². The maximum Gasteiger partial charge on any atom is 0.237 e. The summed E-state index contributed by atoms with van der Waals surface area (Å²) in [7, 11) is 0. The third kappa shape index (κ3) is 3.98. The number of imide groups is 1. The van der Waals surface area contributed by atoms with Gasteiger partial charge in [0, 0.05) is 18.0 Å². The first-order valence-electron chi connectivity index (χ1n) is 10.1. The van der Waals surface area contributed by atoms with Crippen LogP contribution < -0.4 is 5.32 Å². The van der Waals surface area contributed by atoms with E-state index >= 15 is 0 Å². The first-order valence-corrected chi connectivity index (χ1v) is 10.5. The number of nitrogens with one attached hydrogen (secondary N) is 1. The first kappa shape index (κ1) is 20.9. The summed E-state index contributed by atoms with van der Waals surface area (Å²) < 4.78 is 27.5. The monoisotopic (exact) mass is 432 g/mol. The first-order chi connectivity index (χ1) is 14.4. The van der Waals surface area contributed by atoms with Gasteiger partial charge in [-0.2, -0.15) is 0 Å². The normalized spacial score (nSPS) is 23.4. The van der Waals surface area contributed by atoms with Gasteiger partial charge in [-0.05, 0) is 73.7 Å². The van der Waals surface area contributed by atoms with Crippen LogP contribution in [0.25, 0.3) is 0 Å². The van der Waals surface area contributed by atoms with Gasteiger partial charge in [0.05, 0.1) is 5.41 Å². The van der Waals surface area contributed by atoms with Crippen molar-refractivity contribution in [2.75, 3.05) is 13.1 Å². The van der Waals surface area contributed by atoms with Gasteiger partial charge in [0.2, 0.25) is 11.8 Å². The number of halogens is 3. The highest BCUT2D eigenvalue weighted by Gasteiger charge is 2.50. The number of piperidine rings is 2. The molecule has 2 aliphatic heterocycles. The molecule has 4 nitrogen and oxygen atoms in total. The summed E-state index contributed by atoms with van der Waals surface area (Å²) in [5.41, 5.74) is 0.589. The molecular weight excluding hydrogens is 410 g/mol. The van der Waals surface area contributed by atoms with E-state index in [4.69, 9.17) is 11.6 Å². The van der Waals surface area contributed by atoms with E-state index in [1.54, 1.807) is 0 Å². The molecular formula is C23H23ClF2N2O2. The number of nitrogens with zero attached hydrogens (tertiary/aromatic N) is 1. The summed E-state index contributed by atoms with van der Waals surface area (Å²) in [4.78, 5) is 27.2. The molecule has 0 aliphatic carbocycles. The highest BCUT2D eigenvalue weighted by molar-refractivity contribution is 6.30. The van der Waals surface area contributed by atoms with Gasteiger partial charge in [-0.25, -0.2) is 8.78 Å². The Morgan fingerprint density at radius 2 is 1.73 bits per heavy atom. The Morgan fingerprint density at radius 3 is 2.37 bits per heavy atom. The molecule has 1 N–H and O–H groups in total. The third-order valence-electron chi connectivity index (χ3n) is 6.44. The van der Waals surface area contributed by atoms with Gasteiger partial charge < -0.3 is 0 Å². The number of rotatable bonds is 4. The summed E-state index contributed by atoms with van der Waals surface area (Å²) in [5, 5.41) is 3.13. The highest BCUT2D eigenvalue weighted by Crippen LogP contribution is 2.44. The lowest BCUT2D eigenvalue weighted by Crippen LogP contribution is -2.57. The van der Waals surface area contributed by atoms with Gasteiger partial charge in [0.15, 0.2) is 11.6 Å². The molecule has 7 heteroatoms. The van der Waals surface area contributed by atoms with Crippen LogP contribution in [-0.2, 0) is 21.5 Å². The van der Waals surface area contributed by atoms with E-state index in [1.807, 2.05) is 24.3 Å². The lowest BCUT2D eigenvalue weighted by molar-refractivity contribution is -0.140. The van der Waals surface area contributed by atoms with Crippen LogP contribution >= 0.6 is 11.6 Å². The number of hydrogen-bond donors (Lipinski definition) is 1. The van der Waals surface area contributed by atoms with Crippen molar-refractivity contribution < 1.29 is 18.4 Å². The molecule has 0 spiro atoms. The number of carbonyl (C=O) groups excluding carboxylic acids is 2. The van der Waals surface area contributed by atoms with Crippen molar-refractivity contribution in [3.63, 3.8) is 0 Å². The second-order valence-corrected chi connectivity index (χ2v) is 8.59. The third-order valence-corrected chi connectivity index (χ3v) is 6.70. The van der Waals surface area contributed by atoms with Crippen LogP contribution in [0.1, 0.15) is 36.8 Å². The molecule has 2 heterocycles. The molecule has 2 saturated heterocycles. The number of likely N-dealkylation sites (tertiary alicyclic amines) is 1. The molecule has 0 aromatic heterocycles. The highest BCUT2D eigenvalue weighted by atomic mass is 35.5. The largest absolute Gasteiger partial charge is 0.299 e. The van der Waals surface area contributed by atoms with Crippen LogP contribution in [0.2, 0.25) is 5.02 Å². The number of benzene rings is 2. The Hall–Kier alpha value is -2.31. The fraction of sp³-hybridized carbons (Fsp3) is 0.391. The van der Waals surface area contributed by atoms with Crippen molar-refractivity contribution in [2.45, 2.75) is 37.6 Å². The van der Waals surface area contributed by atoms with Crippen LogP contribution in [0, 0.1) is 17.6 Å². The van der Waals surface area contributed by atoms with Crippen LogP contribution in [0.4, 0.5) is 8.78 Å². The molecule has 0 unspecified atom stereocenters. The second-order valence-electron chi connectivity index (χ2n) is 8.15. The fourth-order valence-corrected chi connectivity index (χ4v) is 4.96. The maximum absolute atomic E-state index is 14.0. The lowest BCUT2D eigenvalue weighted by Gasteiger charge is -2.45. The Kier molecular flexibility index (Phi) is 5.89. The molecule has 2 fully saturated rings. The van der Waals surface area contributed by atoms with Gasteiger partial charge in [0.1, 0.15) is 0 Å². The average Bonchev–Trinajstić information content (AvgIpc) is 2.73. The zero-order valence-electron chi connectivity index (χ0n) is 16.5. The smallest absolute Gasteiger partial charge is 0.237 e. The standard InChI is InChI=1S/C23H23ClF2N2O2/c24-18-4-1-15(2-5-18)14-28-11-8-16(9-12-28)23(10-7-21(29)27-22(23)30)17-3-6-19(25)20(26)13-17/h1-6,13,16H,7-12,14H2,(H,27,29,30)/t23-/m0/s1. The molecule has 0 bridgehead atoms. The molecule has 2 aromatic carbocycles. The van der Waals surface area contributed by atoms with Crippen LogP contribution in [0.5, 0.6) is 0 Å². The van der Waals surface area contributed by atoms with E-state index in [0.717, 1.165) is 50.2 Å². The van der Waals surface area contributed by atoms with E-state index in [2.05, 4.69) is 10.2 Å². The van der Waals surface area contributed by atoms with Crippen LogP contribution in [-0.4, -0.2) is 29.8 Å². The lowest BCUT2D eigenvalue weighted by atomic mass is 9.62. The quantitative estimate of drug-likeness (QED) is 0.736. The molecule has 1 atom stereocenters. The summed E-state index contributed by atoms with van der Waals surface area (Å²) in [6.07, 6.45) is 1.96. The minimum Gasteiger partial charge on any atom is -0.299 e. The van der Waals surface area contributed by atoms with Crippen molar-refractivity contribution >= 4 is 23.4 Å². The molecule has 0 saturated carbocycles. The Labute approximate surface area is 179 Å². The zero-order valence-corrected chi connectivity index (χ0v) is 17.2. The molecule has 30 heavy (non-hydrogen) atoms. The van der Waals surface area contributed by atoms with Gasteiger partial charge in [-0.1, -0.05) is 29.8 Å². The number of amides is 2. The number of carbonyl (C=O) groups is 2. The Bertz CT molecular complexity index is 958. The summed E-state index contributed by atoms with van der Waals surface area (Å²) in [6, 6.07) is 11.4. The zero-order chi connectivity index (χ0) is 21.3. The van der Waals surface area contributed by atoms with Crippen molar-refractivity contribution in [3.05, 3.63) is 70.2 Å². The van der Waals surface area contributed by atoms with Gasteiger partial charge in [-0.15, -0.1) is 0 Å². The van der Waals surface area contributed by atoms with E-state index < -0.39 is 23.0 Å². The van der Waals surface area contributed by atoms with Crippen molar-refractivity contribution in [1.29, 1.82) is 0 Å². The Morgan fingerprint density at radius 1 is 1.03 bits per heavy atom.